The summed E-state index contributed by atoms with van der Waals surface area (Å²) in [7, 11) is 0. The highest BCUT2D eigenvalue weighted by molar-refractivity contribution is 5.93. The predicted octanol–water partition coefficient (Wildman–Crippen LogP) is 1.44. The zero-order valence-corrected chi connectivity index (χ0v) is 11.0. The van der Waals surface area contributed by atoms with Crippen LogP contribution in [0.5, 0.6) is 0 Å². The molecule has 0 spiro atoms. The Kier molecular flexibility index (Phi) is 3.73. The van der Waals surface area contributed by atoms with Crippen LogP contribution in [0.15, 0.2) is 36.7 Å². The Hall–Kier alpha value is -2.21. The number of carbonyl (C=O) groups is 1. The summed E-state index contributed by atoms with van der Waals surface area (Å²) in [5, 5.41) is 7.07. The maximum Gasteiger partial charge on any atom is 0.254 e. The monoisotopic (exact) mass is 272 g/mol. The molecule has 3 heterocycles. The fourth-order valence-corrected chi connectivity index (χ4v) is 2.20. The Morgan fingerprint density at radius 2 is 2.35 bits per heavy atom. The number of anilines is 1. The van der Waals surface area contributed by atoms with Crippen LogP contribution in [0.4, 0.5) is 5.82 Å². The second-order valence-corrected chi connectivity index (χ2v) is 4.69. The SMILES string of the molecule is O=C(Nc1ccnn1Cc1ccccn1)[C@@H]1CCCO1. The summed E-state index contributed by atoms with van der Waals surface area (Å²) < 4.78 is 7.09. The Bertz CT molecular complexity index is 576. The van der Waals surface area contributed by atoms with Crippen molar-refractivity contribution in [2.45, 2.75) is 25.5 Å². The van der Waals surface area contributed by atoms with E-state index in [2.05, 4.69) is 15.4 Å². The van der Waals surface area contributed by atoms with E-state index in [0.29, 0.717) is 19.0 Å². The van der Waals surface area contributed by atoms with Crippen molar-refractivity contribution in [3.8, 4) is 0 Å². The molecule has 0 aromatic carbocycles. The number of ether oxygens (including phenoxy) is 1. The molecule has 20 heavy (non-hydrogen) atoms. The van der Waals surface area contributed by atoms with Gasteiger partial charge in [0.05, 0.1) is 18.4 Å². The molecule has 6 heteroatoms. The van der Waals surface area contributed by atoms with E-state index in [0.717, 1.165) is 18.5 Å². The lowest BCUT2D eigenvalue weighted by atomic mass is 10.2. The summed E-state index contributed by atoms with van der Waals surface area (Å²) in [6.45, 7) is 1.18. The van der Waals surface area contributed by atoms with E-state index >= 15 is 0 Å². The number of hydrogen-bond donors (Lipinski definition) is 1. The van der Waals surface area contributed by atoms with Gasteiger partial charge >= 0.3 is 0 Å². The number of pyridine rings is 1. The van der Waals surface area contributed by atoms with Crippen LogP contribution in [-0.4, -0.2) is 33.4 Å². The smallest absolute Gasteiger partial charge is 0.254 e. The minimum absolute atomic E-state index is 0.106. The Balaban J connectivity index is 1.68. The summed E-state index contributed by atoms with van der Waals surface area (Å²) >= 11 is 0. The number of aromatic nitrogens is 3. The van der Waals surface area contributed by atoms with Crippen LogP contribution in [0.2, 0.25) is 0 Å². The molecule has 1 saturated heterocycles. The summed E-state index contributed by atoms with van der Waals surface area (Å²) in [6.07, 6.45) is 4.77. The first-order valence-electron chi connectivity index (χ1n) is 6.67. The minimum Gasteiger partial charge on any atom is -0.368 e. The van der Waals surface area contributed by atoms with Crippen molar-refractivity contribution in [1.82, 2.24) is 14.8 Å². The molecule has 6 nitrogen and oxygen atoms in total. The zero-order valence-electron chi connectivity index (χ0n) is 11.0. The topological polar surface area (TPSA) is 69.0 Å². The Morgan fingerprint density at radius 1 is 1.40 bits per heavy atom. The molecule has 1 amide bonds. The molecule has 3 rings (SSSR count). The summed E-state index contributed by atoms with van der Waals surface area (Å²) in [6, 6.07) is 7.49. The van der Waals surface area contributed by atoms with Crippen LogP contribution in [0.25, 0.3) is 0 Å². The quantitative estimate of drug-likeness (QED) is 0.914. The van der Waals surface area contributed by atoms with Crippen LogP contribution in [0, 0.1) is 0 Å². The average molecular weight is 272 g/mol. The van der Waals surface area contributed by atoms with E-state index in [1.165, 1.54) is 0 Å². The van der Waals surface area contributed by atoms with Gasteiger partial charge in [-0.3, -0.25) is 9.78 Å². The molecule has 1 N–H and O–H groups in total. The van der Waals surface area contributed by atoms with Crippen LogP contribution >= 0.6 is 0 Å². The number of carbonyl (C=O) groups excluding carboxylic acids is 1. The molecule has 104 valence electrons. The van der Waals surface area contributed by atoms with Crippen molar-refractivity contribution in [2.75, 3.05) is 11.9 Å². The number of amides is 1. The maximum atomic E-state index is 12.0. The predicted molar refractivity (Wildman–Crippen MR) is 73.2 cm³/mol. The lowest BCUT2D eigenvalue weighted by Gasteiger charge is -2.12. The molecule has 2 aromatic rings. The van der Waals surface area contributed by atoms with Crippen LogP contribution < -0.4 is 5.32 Å². The number of rotatable bonds is 4. The molecule has 0 aliphatic carbocycles. The van der Waals surface area contributed by atoms with E-state index in [9.17, 15) is 4.79 Å². The second-order valence-electron chi connectivity index (χ2n) is 4.69. The third kappa shape index (κ3) is 2.85. The molecule has 0 radical (unpaired) electrons. The summed E-state index contributed by atoms with van der Waals surface area (Å²) in [4.78, 5) is 16.3. The van der Waals surface area contributed by atoms with Crippen LogP contribution in [0.3, 0.4) is 0 Å². The van der Waals surface area contributed by atoms with Gasteiger partial charge in [0.25, 0.3) is 5.91 Å². The molecule has 1 atom stereocenters. The standard InChI is InChI=1S/C14H16N4O2/c19-14(12-5-3-9-20-12)17-13-6-8-16-18(13)10-11-4-1-2-7-15-11/h1-2,4,6-8,12H,3,5,9-10H2,(H,17,19)/t12-/m0/s1. The maximum absolute atomic E-state index is 12.0. The highest BCUT2D eigenvalue weighted by atomic mass is 16.5. The first kappa shape index (κ1) is 12.8. The fraction of sp³-hybridized carbons (Fsp3) is 0.357. The van der Waals surface area contributed by atoms with Crippen molar-refractivity contribution >= 4 is 11.7 Å². The van der Waals surface area contributed by atoms with Crippen LogP contribution in [-0.2, 0) is 16.1 Å². The number of hydrogen-bond acceptors (Lipinski definition) is 4. The van der Waals surface area contributed by atoms with Gasteiger partial charge in [0, 0.05) is 18.9 Å². The Labute approximate surface area is 116 Å². The van der Waals surface area contributed by atoms with E-state index < -0.39 is 0 Å². The van der Waals surface area contributed by atoms with Gasteiger partial charge in [0.2, 0.25) is 0 Å². The fourth-order valence-electron chi connectivity index (χ4n) is 2.20. The summed E-state index contributed by atoms with van der Waals surface area (Å²) in [5.41, 5.74) is 0.892. The van der Waals surface area contributed by atoms with Gasteiger partial charge in [-0.2, -0.15) is 5.10 Å². The van der Waals surface area contributed by atoms with Crippen molar-refractivity contribution < 1.29 is 9.53 Å². The molecular weight excluding hydrogens is 256 g/mol. The largest absolute Gasteiger partial charge is 0.368 e. The van der Waals surface area contributed by atoms with Crippen molar-refractivity contribution in [2.24, 2.45) is 0 Å². The lowest BCUT2D eigenvalue weighted by molar-refractivity contribution is -0.124. The molecular formula is C14H16N4O2. The Morgan fingerprint density at radius 3 is 3.10 bits per heavy atom. The number of nitrogens with zero attached hydrogens (tertiary/aromatic N) is 3. The van der Waals surface area contributed by atoms with E-state index in [-0.39, 0.29) is 12.0 Å². The third-order valence-corrected chi connectivity index (χ3v) is 3.23. The van der Waals surface area contributed by atoms with Crippen LogP contribution in [0.1, 0.15) is 18.5 Å². The zero-order chi connectivity index (χ0) is 13.8. The summed E-state index contributed by atoms with van der Waals surface area (Å²) in [5.74, 6) is 0.557. The van der Waals surface area contributed by atoms with E-state index in [1.807, 2.05) is 18.2 Å². The first-order chi connectivity index (χ1) is 9.83. The van der Waals surface area contributed by atoms with E-state index in [1.54, 1.807) is 23.1 Å². The molecule has 1 aliphatic heterocycles. The number of nitrogens with one attached hydrogen (secondary N) is 1. The third-order valence-electron chi connectivity index (χ3n) is 3.23. The lowest BCUT2D eigenvalue weighted by Crippen LogP contribution is -2.28. The molecule has 1 aliphatic rings. The van der Waals surface area contributed by atoms with Gasteiger partial charge in [0.15, 0.2) is 0 Å². The van der Waals surface area contributed by atoms with Gasteiger partial charge in [-0.1, -0.05) is 6.07 Å². The molecule has 0 bridgehead atoms. The van der Waals surface area contributed by atoms with Crippen molar-refractivity contribution in [1.29, 1.82) is 0 Å². The highest BCUT2D eigenvalue weighted by Crippen LogP contribution is 2.15. The van der Waals surface area contributed by atoms with Crippen molar-refractivity contribution in [3.63, 3.8) is 0 Å². The average Bonchev–Trinajstić information content (AvgIpc) is 3.12. The minimum atomic E-state index is -0.340. The van der Waals surface area contributed by atoms with Gasteiger partial charge in [-0.15, -0.1) is 0 Å². The van der Waals surface area contributed by atoms with Gasteiger partial charge in [-0.25, -0.2) is 4.68 Å². The molecule has 0 unspecified atom stereocenters. The first-order valence-corrected chi connectivity index (χ1v) is 6.67. The second kappa shape index (κ2) is 5.83. The molecule has 2 aromatic heterocycles. The van der Waals surface area contributed by atoms with E-state index in [4.69, 9.17) is 4.74 Å². The van der Waals surface area contributed by atoms with Gasteiger partial charge < -0.3 is 10.1 Å². The van der Waals surface area contributed by atoms with Gasteiger partial charge in [0.1, 0.15) is 11.9 Å². The van der Waals surface area contributed by atoms with Crippen molar-refractivity contribution in [3.05, 3.63) is 42.4 Å². The molecule has 0 saturated carbocycles. The highest BCUT2D eigenvalue weighted by Gasteiger charge is 2.24. The normalized spacial score (nSPS) is 18.1. The molecule has 1 fully saturated rings. The van der Waals surface area contributed by atoms with Gasteiger partial charge in [-0.05, 0) is 25.0 Å².